The molecule has 0 saturated carbocycles. The third kappa shape index (κ3) is 3.38. The number of likely N-dealkylation sites (tertiary alicyclic amines) is 1. The van der Waals surface area contributed by atoms with Crippen LogP contribution in [0, 0.1) is 0 Å². The lowest BCUT2D eigenvalue weighted by molar-refractivity contribution is -0.144. The predicted octanol–water partition coefficient (Wildman–Crippen LogP) is 1.73. The summed E-state index contributed by atoms with van der Waals surface area (Å²) in [6.45, 7) is 1.88. The minimum atomic E-state index is -0.616. The minimum absolute atomic E-state index is 0.116. The van der Waals surface area contributed by atoms with Gasteiger partial charge >= 0.3 is 11.8 Å². The molecule has 1 aromatic carbocycles. The van der Waals surface area contributed by atoms with E-state index in [2.05, 4.69) is 22.2 Å². The van der Waals surface area contributed by atoms with Gasteiger partial charge in [0.25, 0.3) is 0 Å². The summed E-state index contributed by atoms with van der Waals surface area (Å²) >= 11 is 0. The van der Waals surface area contributed by atoms with E-state index in [1.165, 1.54) is 0 Å². The van der Waals surface area contributed by atoms with E-state index < -0.39 is 11.8 Å². The number of pyridine rings is 1. The van der Waals surface area contributed by atoms with Crippen LogP contribution in [0.25, 0.3) is 10.9 Å². The molecule has 0 bridgehead atoms. The fraction of sp³-hybridized carbons (Fsp3) is 0.389. The molecular formula is C18H22N4O2. The Balaban J connectivity index is 1.70. The van der Waals surface area contributed by atoms with Crippen molar-refractivity contribution in [3.63, 3.8) is 0 Å². The summed E-state index contributed by atoms with van der Waals surface area (Å²) in [6.07, 6.45) is 3.45. The topological polar surface area (TPSA) is 65.5 Å². The van der Waals surface area contributed by atoms with Gasteiger partial charge in [-0.2, -0.15) is 0 Å². The van der Waals surface area contributed by atoms with Crippen LogP contribution in [0.5, 0.6) is 0 Å². The van der Waals surface area contributed by atoms with E-state index in [9.17, 15) is 9.59 Å². The van der Waals surface area contributed by atoms with Crippen LogP contribution in [0.3, 0.4) is 0 Å². The minimum Gasteiger partial charge on any atom is -0.334 e. The Labute approximate surface area is 141 Å². The van der Waals surface area contributed by atoms with Gasteiger partial charge in [0.05, 0.1) is 11.2 Å². The van der Waals surface area contributed by atoms with E-state index in [4.69, 9.17) is 0 Å². The van der Waals surface area contributed by atoms with Crippen LogP contribution in [-0.2, 0) is 9.59 Å². The average molecular weight is 326 g/mol. The smallest absolute Gasteiger partial charge is 0.313 e. The SMILES string of the molecule is CN1CCC(N(C)C(=O)C(=O)Nc2cccc3cccnc23)CC1. The number of anilines is 1. The molecule has 2 aromatic rings. The van der Waals surface area contributed by atoms with Gasteiger partial charge in [0.2, 0.25) is 0 Å². The van der Waals surface area contributed by atoms with Gasteiger partial charge in [0.1, 0.15) is 0 Å². The van der Waals surface area contributed by atoms with Gasteiger partial charge in [0, 0.05) is 24.7 Å². The number of likely N-dealkylation sites (N-methyl/N-ethyl adjacent to an activating group) is 1. The highest BCUT2D eigenvalue weighted by Gasteiger charge is 2.28. The number of benzene rings is 1. The van der Waals surface area contributed by atoms with Gasteiger partial charge in [-0.15, -0.1) is 0 Å². The molecule has 0 radical (unpaired) electrons. The first-order chi connectivity index (χ1) is 11.6. The number of nitrogens with zero attached hydrogens (tertiary/aromatic N) is 3. The van der Waals surface area contributed by atoms with Gasteiger partial charge in [-0.3, -0.25) is 14.6 Å². The fourth-order valence-corrected chi connectivity index (χ4v) is 3.09. The quantitative estimate of drug-likeness (QED) is 0.854. The normalized spacial score (nSPS) is 16.1. The van der Waals surface area contributed by atoms with E-state index in [-0.39, 0.29) is 6.04 Å². The highest BCUT2D eigenvalue weighted by molar-refractivity contribution is 6.40. The molecule has 126 valence electrons. The second-order valence-corrected chi connectivity index (χ2v) is 6.29. The highest BCUT2D eigenvalue weighted by atomic mass is 16.2. The third-order valence-corrected chi connectivity index (χ3v) is 4.63. The molecule has 0 unspecified atom stereocenters. The fourth-order valence-electron chi connectivity index (χ4n) is 3.09. The number of hydrogen-bond acceptors (Lipinski definition) is 4. The second-order valence-electron chi connectivity index (χ2n) is 6.29. The van der Waals surface area contributed by atoms with Crippen LogP contribution >= 0.6 is 0 Å². The van der Waals surface area contributed by atoms with Crippen LogP contribution in [0.1, 0.15) is 12.8 Å². The van der Waals surface area contributed by atoms with Crippen LogP contribution in [0.4, 0.5) is 5.69 Å². The number of carbonyl (C=O) groups excluding carboxylic acids is 2. The van der Waals surface area contributed by atoms with Gasteiger partial charge in [-0.25, -0.2) is 0 Å². The monoisotopic (exact) mass is 326 g/mol. The number of para-hydroxylation sites is 1. The summed E-state index contributed by atoms with van der Waals surface area (Å²) in [5.74, 6) is -1.12. The molecule has 2 heterocycles. The molecule has 6 heteroatoms. The van der Waals surface area contributed by atoms with Crippen LogP contribution in [0.2, 0.25) is 0 Å². The number of piperidine rings is 1. The van der Waals surface area contributed by atoms with Crippen molar-refractivity contribution in [2.24, 2.45) is 0 Å². The first-order valence-corrected chi connectivity index (χ1v) is 8.16. The molecule has 1 aromatic heterocycles. The van der Waals surface area contributed by atoms with Gasteiger partial charge in [0.15, 0.2) is 0 Å². The molecule has 1 aliphatic rings. The van der Waals surface area contributed by atoms with E-state index in [0.29, 0.717) is 11.2 Å². The van der Waals surface area contributed by atoms with Crippen LogP contribution < -0.4 is 5.32 Å². The van der Waals surface area contributed by atoms with Gasteiger partial charge < -0.3 is 15.1 Å². The zero-order valence-corrected chi connectivity index (χ0v) is 14.0. The molecule has 1 saturated heterocycles. The number of nitrogens with one attached hydrogen (secondary N) is 1. The maximum absolute atomic E-state index is 12.4. The number of amides is 2. The lowest BCUT2D eigenvalue weighted by Crippen LogP contribution is -2.47. The van der Waals surface area contributed by atoms with E-state index in [1.807, 2.05) is 24.3 Å². The molecule has 2 amide bonds. The van der Waals surface area contributed by atoms with Crippen molar-refractivity contribution in [2.45, 2.75) is 18.9 Å². The second kappa shape index (κ2) is 6.97. The van der Waals surface area contributed by atoms with Crippen molar-refractivity contribution in [3.8, 4) is 0 Å². The predicted molar refractivity (Wildman–Crippen MR) is 93.7 cm³/mol. The summed E-state index contributed by atoms with van der Waals surface area (Å²) in [6, 6.07) is 9.40. The number of rotatable bonds is 2. The first kappa shape index (κ1) is 16.4. The standard InChI is InChI=1S/C18H22N4O2/c1-21-11-8-14(9-12-21)22(2)18(24)17(23)20-15-7-3-5-13-6-4-10-19-16(13)15/h3-7,10,14H,8-9,11-12H2,1-2H3,(H,20,23). The van der Waals surface area contributed by atoms with Crippen LogP contribution in [0.15, 0.2) is 36.5 Å². The Bertz CT molecular complexity index is 748. The van der Waals surface area contributed by atoms with Crippen molar-refractivity contribution >= 4 is 28.4 Å². The third-order valence-electron chi connectivity index (χ3n) is 4.63. The zero-order valence-electron chi connectivity index (χ0n) is 14.0. The Hall–Kier alpha value is -2.47. The molecular weight excluding hydrogens is 304 g/mol. The Morgan fingerprint density at radius 1 is 1.21 bits per heavy atom. The van der Waals surface area contributed by atoms with Gasteiger partial charge in [-0.1, -0.05) is 18.2 Å². The summed E-state index contributed by atoms with van der Waals surface area (Å²) in [7, 11) is 3.78. The Morgan fingerprint density at radius 2 is 1.92 bits per heavy atom. The van der Waals surface area contributed by atoms with Crippen molar-refractivity contribution < 1.29 is 9.59 Å². The molecule has 24 heavy (non-hydrogen) atoms. The zero-order chi connectivity index (χ0) is 17.1. The maximum Gasteiger partial charge on any atom is 0.313 e. The Kier molecular flexibility index (Phi) is 4.76. The summed E-state index contributed by atoms with van der Waals surface area (Å²) in [5.41, 5.74) is 1.24. The molecule has 6 nitrogen and oxygen atoms in total. The van der Waals surface area contributed by atoms with Crippen molar-refractivity contribution in [2.75, 3.05) is 32.5 Å². The molecule has 1 aliphatic heterocycles. The molecule has 3 rings (SSSR count). The lowest BCUT2D eigenvalue weighted by atomic mass is 10.0. The van der Waals surface area contributed by atoms with E-state index in [1.54, 1.807) is 24.2 Å². The number of carbonyl (C=O) groups is 2. The summed E-state index contributed by atoms with van der Waals surface area (Å²) in [4.78, 5) is 32.9. The molecule has 1 fully saturated rings. The molecule has 1 N–H and O–H groups in total. The highest BCUT2D eigenvalue weighted by Crippen LogP contribution is 2.21. The largest absolute Gasteiger partial charge is 0.334 e. The first-order valence-electron chi connectivity index (χ1n) is 8.16. The average Bonchev–Trinajstić information content (AvgIpc) is 2.61. The number of aromatic nitrogens is 1. The van der Waals surface area contributed by atoms with Gasteiger partial charge in [-0.05, 0) is 45.1 Å². The maximum atomic E-state index is 12.4. The van der Waals surface area contributed by atoms with Crippen LogP contribution in [-0.4, -0.2) is 59.8 Å². The summed E-state index contributed by atoms with van der Waals surface area (Å²) in [5, 5.41) is 3.63. The van der Waals surface area contributed by atoms with Crippen molar-refractivity contribution in [3.05, 3.63) is 36.5 Å². The number of fused-ring (bicyclic) bond motifs is 1. The lowest BCUT2D eigenvalue weighted by Gasteiger charge is -2.34. The molecule has 0 atom stereocenters. The Morgan fingerprint density at radius 3 is 2.67 bits per heavy atom. The number of hydrogen-bond donors (Lipinski definition) is 1. The van der Waals surface area contributed by atoms with E-state index in [0.717, 1.165) is 31.3 Å². The summed E-state index contributed by atoms with van der Waals surface area (Å²) < 4.78 is 0. The molecule has 0 spiro atoms. The van der Waals surface area contributed by atoms with E-state index >= 15 is 0 Å². The van der Waals surface area contributed by atoms with Crippen molar-refractivity contribution in [1.29, 1.82) is 0 Å². The molecule has 0 aliphatic carbocycles. The van der Waals surface area contributed by atoms with Crippen molar-refractivity contribution in [1.82, 2.24) is 14.8 Å².